The quantitative estimate of drug-likeness (QED) is 0.742. The minimum absolute atomic E-state index is 0.00571. The van der Waals surface area contributed by atoms with Gasteiger partial charge in [-0.2, -0.15) is 0 Å². The number of hydrogen-bond acceptors (Lipinski definition) is 3. The maximum absolute atomic E-state index is 12.1. The molecule has 0 saturated heterocycles. The first-order valence-corrected chi connectivity index (χ1v) is 8.16. The average Bonchev–Trinajstić information content (AvgIpc) is 3.07. The van der Waals surface area contributed by atoms with Crippen molar-refractivity contribution in [2.24, 2.45) is 0 Å². The lowest BCUT2D eigenvalue weighted by atomic mass is 10.1. The number of hydrogen-bond donors (Lipinski definition) is 2. The lowest BCUT2D eigenvalue weighted by molar-refractivity contribution is -0.120. The Bertz CT molecular complexity index is 762. The van der Waals surface area contributed by atoms with Gasteiger partial charge in [0.05, 0.1) is 12.6 Å². The molecule has 0 aliphatic heterocycles. The largest absolute Gasteiger partial charge is 0.376 e. The van der Waals surface area contributed by atoms with Crippen molar-refractivity contribution >= 4 is 33.7 Å². The molecule has 1 heterocycles. The number of amides is 1. The minimum Gasteiger partial charge on any atom is -0.376 e. The van der Waals surface area contributed by atoms with E-state index in [0.717, 1.165) is 11.1 Å². The molecule has 1 atom stereocenters. The van der Waals surface area contributed by atoms with Crippen molar-refractivity contribution in [1.29, 1.82) is 0 Å². The Kier molecular flexibility index (Phi) is 4.39. The van der Waals surface area contributed by atoms with Crippen LogP contribution >= 0.6 is 11.3 Å². The van der Waals surface area contributed by atoms with Gasteiger partial charge in [0.1, 0.15) is 0 Å². The Labute approximate surface area is 134 Å². The van der Waals surface area contributed by atoms with E-state index >= 15 is 0 Å². The maximum atomic E-state index is 12.1. The Hall–Kier alpha value is -2.33. The normalized spacial score (nSPS) is 12.0. The monoisotopic (exact) mass is 310 g/mol. The SMILES string of the molecule is CC(NC(=O)CNc1cccc2ccccc12)c1cccs1. The number of carbonyl (C=O) groups is 1. The third kappa shape index (κ3) is 3.28. The van der Waals surface area contributed by atoms with Gasteiger partial charge >= 0.3 is 0 Å². The Morgan fingerprint density at radius 1 is 1.09 bits per heavy atom. The summed E-state index contributed by atoms with van der Waals surface area (Å²) in [6, 6.07) is 18.3. The van der Waals surface area contributed by atoms with Crippen LogP contribution in [0.4, 0.5) is 5.69 Å². The van der Waals surface area contributed by atoms with Crippen molar-refractivity contribution in [2.75, 3.05) is 11.9 Å². The molecule has 0 aliphatic rings. The third-order valence-electron chi connectivity index (χ3n) is 3.58. The second kappa shape index (κ2) is 6.62. The topological polar surface area (TPSA) is 41.1 Å². The summed E-state index contributed by atoms with van der Waals surface area (Å²) in [5, 5.41) is 10.6. The smallest absolute Gasteiger partial charge is 0.239 e. The fourth-order valence-corrected chi connectivity index (χ4v) is 3.19. The molecular weight excluding hydrogens is 292 g/mol. The minimum atomic E-state index is -0.00571. The van der Waals surface area contributed by atoms with Gasteiger partial charge in [-0.05, 0) is 29.8 Å². The van der Waals surface area contributed by atoms with Crippen LogP contribution in [-0.2, 0) is 4.79 Å². The zero-order valence-corrected chi connectivity index (χ0v) is 13.2. The number of carbonyl (C=O) groups excluding carboxylic acids is 1. The number of anilines is 1. The van der Waals surface area contributed by atoms with E-state index in [1.165, 1.54) is 10.3 Å². The molecule has 0 aliphatic carbocycles. The molecule has 22 heavy (non-hydrogen) atoms. The van der Waals surface area contributed by atoms with Gasteiger partial charge in [0.15, 0.2) is 0 Å². The Balaban J connectivity index is 1.63. The second-order valence-electron chi connectivity index (χ2n) is 5.18. The Morgan fingerprint density at radius 2 is 1.91 bits per heavy atom. The van der Waals surface area contributed by atoms with Crippen LogP contribution in [0.2, 0.25) is 0 Å². The van der Waals surface area contributed by atoms with E-state index in [0.29, 0.717) is 0 Å². The van der Waals surface area contributed by atoms with Crippen molar-refractivity contribution in [3.63, 3.8) is 0 Å². The molecule has 2 aromatic carbocycles. The molecular formula is C18H18N2OS. The first kappa shape index (κ1) is 14.6. The molecule has 112 valence electrons. The van der Waals surface area contributed by atoms with Gasteiger partial charge in [-0.1, -0.05) is 42.5 Å². The van der Waals surface area contributed by atoms with Crippen LogP contribution in [0, 0.1) is 0 Å². The van der Waals surface area contributed by atoms with Crippen molar-refractivity contribution < 1.29 is 4.79 Å². The van der Waals surface area contributed by atoms with Gasteiger partial charge in [0.25, 0.3) is 0 Å². The van der Waals surface area contributed by atoms with Crippen LogP contribution in [0.15, 0.2) is 60.0 Å². The van der Waals surface area contributed by atoms with Crippen molar-refractivity contribution in [3.05, 3.63) is 64.9 Å². The van der Waals surface area contributed by atoms with Gasteiger partial charge in [-0.3, -0.25) is 4.79 Å². The van der Waals surface area contributed by atoms with Gasteiger partial charge in [0, 0.05) is 16.0 Å². The van der Waals surface area contributed by atoms with Crippen LogP contribution in [0.25, 0.3) is 10.8 Å². The summed E-state index contributed by atoms with van der Waals surface area (Å²) < 4.78 is 0. The Morgan fingerprint density at radius 3 is 2.73 bits per heavy atom. The van der Waals surface area contributed by atoms with Gasteiger partial charge in [0.2, 0.25) is 5.91 Å². The van der Waals surface area contributed by atoms with Crippen LogP contribution in [0.3, 0.4) is 0 Å². The highest BCUT2D eigenvalue weighted by Crippen LogP contribution is 2.22. The van der Waals surface area contributed by atoms with E-state index in [1.54, 1.807) is 11.3 Å². The highest BCUT2D eigenvalue weighted by molar-refractivity contribution is 7.10. The molecule has 0 bridgehead atoms. The van der Waals surface area contributed by atoms with Crippen LogP contribution in [-0.4, -0.2) is 12.5 Å². The summed E-state index contributed by atoms with van der Waals surface area (Å²) in [6.45, 7) is 2.27. The number of thiophene rings is 1. The first-order chi connectivity index (χ1) is 10.7. The van der Waals surface area contributed by atoms with Crippen LogP contribution in [0.1, 0.15) is 17.8 Å². The summed E-state index contributed by atoms with van der Waals surface area (Å²) in [6.07, 6.45) is 0. The standard InChI is InChI=1S/C18H18N2OS/c1-13(17-10-5-11-22-17)20-18(21)12-19-16-9-4-7-14-6-2-3-8-15(14)16/h2-11,13,19H,12H2,1H3,(H,20,21). The lowest BCUT2D eigenvalue weighted by Crippen LogP contribution is -2.31. The summed E-state index contributed by atoms with van der Waals surface area (Å²) in [7, 11) is 0. The highest BCUT2D eigenvalue weighted by Gasteiger charge is 2.10. The van der Waals surface area contributed by atoms with Gasteiger partial charge in [-0.25, -0.2) is 0 Å². The van der Waals surface area contributed by atoms with Crippen LogP contribution < -0.4 is 10.6 Å². The summed E-state index contributed by atoms with van der Waals surface area (Å²) in [5.41, 5.74) is 0.983. The van der Waals surface area contributed by atoms with Crippen molar-refractivity contribution in [3.8, 4) is 0 Å². The molecule has 0 radical (unpaired) electrons. The molecule has 3 aromatic rings. The predicted molar refractivity (Wildman–Crippen MR) is 93.3 cm³/mol. The molecule has 3 rings (SSSR count). The maximum Gasteiger partial charge on any atom is 0.239 e. The molecule has 1 aromatic heterocycles. The average molecular weight is 310 g/mol. The van der Waals surface area contributed by atoms with Crippen molar-refractivity contribution in [2.45, 2.75) is 13.0 Å². The van der Waals surface area contributed by atoms with Gasteiger partial charge < -0.3 is 10.6 Å². The number of rotatable bonds is 5. The molecule has 0 fully saturated rings. The number of fused-ring (bicyclic) bond motifs is 1. The van der Waals surface area contributed by atoms with E-state index in [4.69, 9.17) is 0 Å². The molecule has 2 N–H and O–H groups in total. The number of benzene rings is 2. The lowest BCUT2D eigenvalue weighted by Gasteiger charge is -2.14. The molecule has 0 saturated carbocycles. The molecule has 0 spiro atoms. The fourth-order valence-electron chi connectivity index (χ4n) is 2.46. The predicted octanol–water partition coefficient (Wildman–Crippen LogP) is 4.19. The molecule has 1 unspecified atom stereocenters. The zero-order chi connectivity index (χ0) is 15.4. The molecule has 1 amide bonds. The van der Waals surface area contributed by atoms with Crippen LogP contribution in [0.5, 0.6) is 0 Å². The zero-order valence-electron chi connectivity index (χ0n) is 12.4. The molecule has 3 nitrogen and oxygen atoms in total. The number of nitrogens with one attached hydrogen (secondary N) is 2. The van der Waals surface area contributed by atoms with E-state index < -0.39 is 0 Å². The van der Waals surface area contributed by atoms with E-state index in [9.17, 15) is 4.79 Å². The summed E-state index contributed by atoms with van der Waals surface area (Å²) in [5.74, 6) is -0.00571. The summed E-state index contributed by atoms with van der Waals surface area (Å²) in [4.78, 5) is 13.3. The highest BCUT2D eigenvalue weighted by atomic mass is 32.1. The van der Waals surface area contributed by atoms with E-state index in [2.05, 4.69) is 28.8 Å². The van der Waals surface area contributed by atoms with Crippen molar-refractivity contribution in [1.82, 2.24) is 5.32 Å². The summed E-state index contributed by atoms with van der Waals surface area (Å²) >= 11 is 1.65. The first-order valence-electron chi connectivity index (χ1n) is 7.28. The molecule has 4 heteroatoms. The fraction of sp³-hybridized carbons (Fsp3) is 0.167. The third-order valence-corrected chi connectivity index (χ3v) is 4.63. The van der Waals surface area contributed by atoms with E-state index in [1.807, 2.05) is 48.7 Å². The second-order valence-corrected chi connectivity index (χ2v) is 6.16. The van der Waals surface area contributed by atoms with Gasteiger partial charge in [-0.15, -0.1) is 11.3 Å². The van der Waals surface area contributed by atoms with E-state index in [-0.39, 0.29) is 18.5 Å².